The highest BCUT2D eigenvalue weighted by Gasteiger charge is 2.37. The summed E-state index contributed by atoms with van der Waals surface area (Å²) in [7, 11) is 0. The molecule has 1 aliphatic heterocycles. The van der Waals surface area contributed by atoms with Crippen molar-refractivity contribution >= 4 is 11.8 Å². The maximum absolute atomic E-state index is 12.1. The number of nitrogens with one attached hydrogen (secondary N) is 1. The molecule has 1 aliphatic carbocycles. The Morgan fingerprint density at radius 3 is 2.63 bits per heavy atom. The van der Waals surface area contributed by atoms with Crippen LogP contribution in [0.1, 0.15) is 44.9 Å². The van der Waals surface area contributed by atoms with Crippen LogP contribution in [-0.2, 0) is 9.59 Å². The molecule has 0 bridgehead atoms. The van der Waals surface area contributed by atoms with E-state index in [1.165, 1.54) is 25.7 Å². The van der Waals surface area contributed by atoms with Gasteiger partial charge in [0.15, 0.2) is 0 Å². The average molecular weight is 263 g/mol. The molecule has 1 atom stereocenters. The van der Waals surface area contributed by atoms with Gasteiger partial charge >= 0.3 is 0 Å². The monoisotopic (exact) mass is 263 g/mol. The van der Waals surface area contributed by atoms with Crippen LogP contribution in [-0.4, -0.2) is 35.8 Å². The van der Waals surface area contributed by atoms with E-state index in [1.54, 1.807) is 0 Å². The number of likely N-dealkylation sites (tertiary alicyclic amines) is 1. The van der Waals surface area contributed by atoms with Crippen LogP contribution in [0.25, 0.3) is 0 Å². The third-order valence-electron chi connectivity index (χ3n) is 4.14. The predicted molar refractivity (Wildman–Crippen MR) is 69.9 cm³/mol. The fraction of sp³-hybridized carbons (Fsp3) is 0.786. The fourth-order valence-electron chi connectivity index (χ4n) is 3.10. The first kappa shape index (κ1) is 13.9. The molecule has 2 rings (SSSR count). The number of hydrogen-bond donors (Lipinski definition) is 1. The summed E-state index contributed by atoms with van der Waals surface area (Å²) in [4.78, 5) is 25.8. The highest BCUT2D eigenvalue weighted by Crippen LogP contribution is 2.28. The topological polar surface area (TPSA) is 73.2 Å². The first-order valence-electron chi connectivity index (χ1n) is 7.16. The number of rotatable bonds is 3. The van der Waals surface area contributed by atoms with Crippen molar-refractivity contribution in [2.75, 3.05) is 13.1 Å². The Kier molecular flexibility index (Phi) is 4.78. The molecule has 2 aliphatic rings. The molecule has 0 aromatic rings. The van der Waals surface area contributed by atoms with Crippen molar-refractivity contribution in [1.82, 2.24) is 10.2 Å². The van der Waals surface area contributed by atoms with E-state index >= 15 is 0 Å². The standard InChI is InChI=1S/C14H21N3O2/c15-7-8-16-14(19)11-9-13(18)17(10-11)12-5-3-1-2-4-6-12/h11-12H,1-6,8-10H2,(H,16,19)/t11-/m1/s1. The van der Waals surface area contributed by atoms with Crippen molar-refractivity contribution < 1.29 is 9.59 Å². The molecule has 2 amide bonds. The van der Waals surface area contributed by atoms with Crippen LogP contribution >= 0.6 is 0 Å². The second-order valence-electron chi connectivity index (χ2n) is 5.47. The van der Waals surface area contributed by atoms with Crippen molar-refractivity contribution in [3.05, 3.63) is 0 Å². The lowest BCUT2D eigenvalue weighted by Gasteiger charge is -2.27. The van der Waals surface area contributed by atoms with Crippen molar-refractivity contribution in [2.24, 2.45) is 5.92 Å². The molecule has 2 fully saturated rings. The third-order valence-corrected chi connectivity index (χ3v) is 4.14. The number of amides is 2. The quantitative estimate of drug-likeness (QED) is 0.614. The number of hydrogen-bond acceptors (Lipinski definition) is 3. The summed E-state index contributed by atoms with van der Waals surface area (Å²) in [5.74, 6) is -0.334. The molecule has 1 saturated heterocycles. The van der Waals surface area contributed by atoms with Gasteiger partial charge in [0.25, 0.3) is 0 Å². The van der Waals surface area contributed by atoms with Crippen LogP contribution in [0.3, 0.4) is 0 Å². The zero-order valence-electron chi connectivity index (χ0n) is 11.2. The Morgan fingerprint density at radius 2 is 2.00 bits per heavy atom. The van der Waals surface area contributed by atoms with Crippen molar-refractivity contribution in [2.45, 2.75) is 51.0 Å². The van der Waals surface area contributed by atoms with Crippen molar-refractivity contribution in [1.29, 1.82) is 5.26 Å². The molecular formula is C14H21N3O2. The molecule has 0 unspecified atom stereocenters. The van der Waals surface area contributed by atoms with Gasteiger partial charge < -0.3 is 10.2 Å². The SMILES string of the molecule is N#CCNC(=O)[C@@H]1CC(=O)N(C2CCCCCC2)C1. The van der Waals surface area contributed by atoms with E-state index in [1.807, 2.05) is 11.0 Å². The average Bonchev–Trinajstić information content (AvgIpc) is 2.64. The fourth-order valence-corrected chi connectivity index (χ4v) is 3.10. The molecule has 1 saturated carbocycles. The minimum Gasteiger partial charge on any atom is -0.343 e. The molecule has 5 nitrogen and oxygen atoms in total. The van der Waals surface area contributed by atoms with Gasteiger partial charge in [0.05, 0.1) is 12.0 Å². The van der Waals surface area contributed by atoms with E-state index in [9.17, 15) is 9.59 Å². The summed E-state index contributed by atoms with van der Waals surface area (Å²) in [5.41, 5.74) is 0. The largest absolute Gasteiger partial charge is 0.343 e. The zero-order valence-corrected chi connectivity index (χ0v) is 11.2. The van der Waals surface area contributed by atoms with Crippen molar-refractivity contribution in [3.63, 3.8) is 0 Å². The Hall–Kier alpha value is -1.57. The lowest BCUT2D eigenvalue weighted by Crippen LogP contribution is -2.38. The van der Waals surface area contributed by atoms with Gasteiger partial charge in [-0.05, 0) is 12.8 Å². The van der Waals surface area contributed by atoms with Gasteiger partial charge in [0.1, 0.15) is 6.54 Å². The lowest BCUT2D eigenvalue weighted by molar-refractivity contribution is -0.130. The Morgan fingerprint density at radius 1 is 1.32 bits per heavy atom. The van der Waals surface area contributed by atoms with Gasteiger partial charge in [-0.3, -0.25) is 9.59 Å². The summed E-state index contributed by atoms with van der Waals surface area (Å²) in [6.07, 6.45) is 7.30. The van der Waals surface area contributed by atoms with E-state index in [0.717, 1.165) is 12.8 Å². The Bertz CT molecular complexity index is 381. The van der Waals surface area contributed by atoms with Gasteiger partial charge in [-0.1, -0.05) is 25.7 Å². The molecule has 0 aromatic carbocycles. The number of nitrogens with zero attached hydrogens (tertiary/aromatic N) is 2. The number of carbonyl (C=O) groups excluding carboxylic acids is 2. The maximum atomic E-state index is 12.1. The van der Waals surface area contributed by atoms with Crippen LogP contribution in [0.2, 0.25) is 0 Å². The molecule has 0 aromatic heterocycles. The summed E-state index contributed by atoms with van der Waals surface area (Å²) in [6, 6.07) is 2.21. The first-order chi connectivity index (χ1) is 9.22. The first-order valence-corrected chi connectivity index (χ1v) is 7.16. The molecule has 5 heteroatoms. The van der Waals surface area contributed by atoms with Crippen molar-refractivity contribution in [3.8, 4) is 6.07 Å². The van der Waals surface area contributed by atoms with E-state index in [-0.39, 0.29) is 24.3 Å². The third kappa shape index (κ3) is 3.46. The summed E-state index contributed by atoms with van der Waals surface area (Å²) in [5, 5.41) is 11.0. The molecule has 1 N–H and O–H groups in total. The Balaban J connectivity index is 1.91. The van der Waals surface area contributed by atoms with Gasteiger partial charge in [-0.15, -0.1) is 0 Å². The summed E-state index contributed by atoms with van der Waals surface area (Å²) in [6.45, 7) is 0.549. The smallest absolute Gasteiger partial charge is 0.226 e. The van der Waals surface area contributed by atoms with E-state index in [2.05, 4.69) is 5.32 Å². The minimum atomic E-state index is -0.274. The molecule has 1 heterocycles. The van der Waals surface area contributed by atoms with Crippen LogP contribution in [0.15, 0.2) is 0 Å². The normalized spacial score (nSPS) is 24.9. The summed E-state index contributed by atoms with van der Waals surface area (Å²) < 4.78 is 0. The van der Waals surface area contributed by atoms with E-state index < -0.39 is 0 Å². The van der Waals surface area contributed by atoms with Crippen LogP contribution in [0, 0.1) is 17.2 Å². The van der Waals surface area contributed by atoms with Gasteiger partial charge in [0, 0.05) is 19.0 Å². The van der Waals surface area contributed by atoms with Crippen LogP contribution < -0.4 is 5.32 Å². The molecule has 19 heavy (non-hydrogen) atoms. The second-order valence-corrected chi connectivity index (χ2v) is 5.47. The van der Waals surface area contributed by atoms with E-state index in [4.69, 9.17) is 5.26 Å². The van der Waals surface area contributed by atoms with Crippen LogP contribution in [0.4, 0.5) is 0 Å². The van der Waals surface area contributed by atoms with Crippen LogP contribution in [0.5, 0.6) is 0 Å². The predicted octanol–water partition coefficient (Wildman–Crippen LogP) is 1.20. The lowest BCUT2D eigenvalue weighted by atomic mass is 10.1. The number of carbonyl (C=O) groups is 2. The van der Waals surface area contributed by atoms with Gasteiger partial charge in [-0.2, -0.15) is 5.26 Å². The van der Waals surface area contributed by atoms with Gasteiger partial charge in [-0.25, -0.2) is 0 Å². The molecular weight excluding hydrogens is 242 g/mol. The Labute approximate surface area is 113 Å². The zero-order chi connectivity index (χ0) is 13.7. The number of nitriles is 1. The van der Waals surface area contributed by atoms with Gasteiger partial charge in [0.2, 0.25) is 11.8 Å². The highest BCUT2D eigenvalue weighted by molar-refractivity contribution is 5.89. The second kappa shape index (κ2) is 6.55. The highest BCUT2D eigenvalue weighted by atomic mass is 16.2. The minimum absolute atomic E-state index is 0.0208. The molecule has 0 radical (unpaired) electrons. The molecule has 104 valence electrons. The van der Waals surface area contributed by atoms with E-state index in [0.29, 0.717) is 19.0 Å². The molecule has 0 spiro atoms. The maximum Gasteiger partial charge on any atom is 0.226 e. The summed E-state index contributed by atoms with van der Waals surface area (Å²) >= 11 is 0.